The molecule has 0 radical (unpaired) electrons. The highest BCUT2D eigenvalue weighted by Crippen LogP contribution is 2.31. The number of hydrogen-bond acceptors (Lipinski definition) is 4. The lowest BCUT2D eigenvalue weighted by atomic mass is 9.91. The minimum absolute atomic E-state index is 0.162. The van der Waals surface area contributed by atoms with Crippen molar-refractivity contribution in [2.45, 2.75) is 26.2 Å². The molecule has 0 amide bonds. The third-order valence-corrected chi connectivity index (χ3v) is 3.27. The van der Waals surface area contributed by atoms with Crippen LogP contribution in [0.1, 0.15) is 37.0 Å². The molecule has 106 valence electrons. The maximum Gasteiger partial charge on any atom is 0.376 e. The molecule has 0 aliphatic rings. The SMILES string of the molecule is COC(=O)c1oc(-c2cccc(Br)c2)nc1C(C)(C)C. The first-order valence-electron chi connectivity index (χ1n) is 6.18. The number of methoxy groups -OCH3 is 1. The Morgan fingerprint density at radius 2 is 2.05 bits per heavy atom. The maximum absolute atomic E-state index is 11.8. The van der Waals surface area contributed by atoms with E-state index in [0.29, 0.717) is 11.6 Å². The molecule has 5 heteroatoms. The van der Waals surface area contributed by atoms with Gasteiger partial charge in [0, 0.05) is 15.5 Å². The molecular weight excluding hydrogens is 322 g/mol. The average molecular weight is 338 g/mol. The van der Waals surface area contributed by atoms with E-state index in [1.54, 1.807) is 0 Å². The van der Waals surface area contributed by atoms with E-state index in [-0.39, 0.29) is 11.2 Å². The lowest BCUT2D eigenvalue weighted by molar-refractivity contribution is 0.0562. The van der Waals surface area contributed by atoms with Gasteiger partial charge in [-0.25, -0.2) is 9.78 Å². The number of esters is 1. The Hall–Kier alpha value is -1.62. The summed E-state index contributed by atoms with van der Waals surface area (Å²) >= 11 is 3.41. The van der Waals surface area contributed by atoms with Crippen molar-refractivity contribution in [1.29, 1.82) is 0 Å². The molecule has 0 bridgehead atoms. The topological polar surface area (TPSA) is 52.3 Å². The molecule has 0 aliphatic heterocycles. The largest absolute Gasteiger partial charge is 0.463 e. The molecular formula is C15H16BrNO3. The van der Waals surface area contributed by atoms with Gasteiger partial charge >= 0.3 is 5.97 Å². The fourth-order valence-corrected chi connectivity index (χ4v) is 2.20. The highest BCUT2D eigenvalue weighted by Gasteiger charge is 2.29. The fourth-order valence-electron chi connectivity index (χ4n) is 1.80. The first kappa shape index (κ1) is 14.8. The van der Waals surface area contributed by atoms with Crippen LogP contribution < -0.4 is 0 Å². The molecule has 2 rings (SSSR count). The summed E-state index contributed by atoms with van der Waals surface area (Å²) in [6.45, 7) is 5.92. The van der Waals surface area contributed by atoms with E-state index in [4.69, 9.17) is 9.15 Å². The zero-order chi connectivity index (χ0) is 14.9. The van der Waals surface area contributed by atoms with E-state index in [1.165, 1.54) is 7.11 Å². The van der Waals surface area contributed by atoms with Crippen LogP contribution in [0.25, 0.3) is 11.5 Å². The molecule has 0 spiro atoms. The van der Waals surface area contributed by atoms with Crippen LogP contribution in [0.4, 0.5) is 0 Å². The summed E-state index contributed by atoms with van der Waals surface area (Å²) < 4.78 is 11.3. The smallest absolute Gasteiger partial charge is 0.376 e. The first-order valence-corrected chi connectivity index (χ1v) is 6.98. The van der Waals surface area contributed by atoms with Crippen molar-refractivity contribution >= 4 is 21.9 Å². The fraction of sp³-hybridized carbons (Fsp3) is 0.333. The molecule has 0 aliphatic carbocycles. The number of halogens is 1. The van der Waals surface area contributed by atoms with E-state index < -0.39 is 5.97 Å². The molecule has 0 N–H and O–H groups in total. The van der Waals surface area contributed by atoms with Crippen LogP contribution in [0.2, 0.25) is 0 Å². The number of oxazole rings is 1. The normalized spacial score (nSPS) is 11.4. The molecule has 0 saturated heterocycles. The molecule has 1 heterocycles. The zero-order valence-corrected chi connectivity index (χ0v) is 13.4. The second-order valence-corrected chi connectivity index (χ2v) is 6.36. The van der Waals surface area contributed by atoms with Crippen molar-refractivity contribution in [2.75, 3.05) is 7.11 Å². The molecule has 0 unspecified atom stereocenters. The lowest BCUT2D eigenvalue weighted by Crippen LogP contribution is -2.17. The van der Waals surface area contributed by atoms with Crippen LogP contribution >= 0.6 is 15.9 Å². The second-order valence-electron chi connectivity index (χ2n) is 5.45. The van der Waals surface area contributed by atoms with Gasteiger partial charge in [0.25, 0.3) is 0 Å². The Morgan fingerprint density at radius 3 is 2.60 bits per heavy atom. The Bertz CT molecular complexity index is 641. The Balaban J connectivity index is 2.57. The monoisotopic (exact) mass is 337 g/mol. The van der Waals surface area contributed by atoms with Gasteiger partial charge in [-0.15, -0.1) is 0 Å². The molecule has 0 fully saturated rings. The Labute approximate surface area is 126 Å². The average Bonchev–Trinajstić information content (AvgIpc) is 2.82. The number of ether oxygens (including phenoxy) is 1. The molecule has 4 nitrogen and oxygen atoms in total. The number of carbonyl (C=O) groups excluding carboxylic acids is 1. The first-order chi connectivity index (χ1) is 9.32. The van der Waals surface area contributed by atoms with E-state index in [0.717, 1.165) is 10.0 Å². The lowest BCUT2D eigenvalue weighted by Gasteiger charge is -2.15. The third-order valence-electron chi connectivity index (χ3n) is 2.78. The van der Waals surface area contributed by atoms with Gasteiger partial charge in [-0.1, -0.05) is 42.8 Å². The van der Waals surface area contributed by atoms with Crippen LogP contribution in [-0.4, -0.2) is 18.1 Å². The van der Waals surface area contributed by atoms with E-state index in [1.807, 2.05) is 45.0 Å². The highest BCUT2D eigenvalue weighted by atomic mass is 79.9. The molecule has 0 atom stereocenters. The predicted molar refractivity (Wildman–Crippen MR) is 79.7 cm³/mol. The summed E-state index contributed by atoms with van der Waals surface area (Å²) in [5.74, 6) is 0.0651. The second kappa shape index (κ2) is 5.40. The van der Waals surface area contributed by atoms with Gasteiger partial charge in [0.1, 0.15) is 5.69 Å². The highest BCUT2D eigenvalue weighted by molar-refractivity contribution is 9.10. The molecule has 1 aromatic carbocycles. The van der Waals surface area contributed by atoms with Gasteiger partial charge in [-0.3, -0.25) is 0 Å². The number of aromatic nitrogens is 1. The molecule has 2 aromatic rings. The van der Waals surface area contributed by atoms with Crippen LogP contribution in [0.15, 0.2) is 33.2 Å². The Kier molecular flexibility index (Phi) is 3.99. The molecule has 1 aromatic heterocycles. The van der Waals surface area contributed by atoms with Gasteiger partial charge in [-0.2, -0.15) is 0 Å². The molecule has 20 heavy (non-hydrogen) atoms. The minimum atomic E-state index is -0.510. The number of rotatable bonds is 2. The molecule has 0 saturated carbocycles. The number of benzene rings is 1. The Morgan fingerprint density at radius 1 is 1.35 bits per heavy atom. The van der Waals surface area contributed by atoms with Gasteiger partial charge in [0.15, 0.2) is 0 Å². The van der Waals surface area contributed by atoms with Crippen molar-refractivity contribution in [3.05, 3.63) is 40.2 Å². The zero-order valence-electron chi connectivity index (χ0n) is 11.9. The van der Waals surface area contributed by atoms with E-state index in [9.17, 15) is 4.79 Å². The van der Waals surface area contributed by atoms with Gasteiger partial charge in [0.2, 0.25) is 11.7 Å². The van der Waals surface area contributed by atoms with Crippen LogP contribution in [-0.2, 0) is 10.2 Å². The van der Waals surface area contributed by atoms with Crippen molar-refractivity contribution in [2.24, 2.45) is 0 Å². The summed E-state index contributed by atoms with van der Waals surface area (Å²) in [5, 5.41) is 0. The summed E-state index contributed by atoms with van der Waals surface area (Å²) in [5.41, 5.74) is 1.09. The van der Waals surface area contributed by atoms with E-state index >= 15 is 0 Å². The van der Waals surface area contributed by atoms with Crippen molar-refractivity contribution < 1.29 is 13.9 Å². The minimum Gasteiger partial charge on any atom is -0.463 e. The van der Waals surface area contributed by atoms with E-state index in [2.05, 4.69) is 20.9 Å². The summed E-state index contributed by atoms with van der Waals surface area (Å²) in [6, 6.07) is 7.57. The van der Waals surface area contributed by atoms with Crippen molar-refractivity contribution in [1.82, 2.24) is 4.98 Å². The van der Waals surface area contributed by atoms with Gasteiger partial charge in [0.05, 0.1) is 7.11 Å². The third kappa shape index (κ3) is 2.93. The van der Waals surface area contributed by atoms with Gasteiger partial charge < -0.3 is 9.15 Å². The quantitative estimate of drug-likeness (QED) is 0.771. The van der Waals surface area contributed by atoms with Crippen molar-refractivity contribution in [3.8, 4) is 11.5 Å². The predicted octanol–water partition coefficient (Wildman–Crippen LogP) is 4.19. The van der Waals surface area contributed by atoms with Crippen LogP contribution in [0.3, 0.4) is 0 Å². The number of nitrogens with zero attached hydrogens (tertiary/aromatic N) is 1. The van der Waals surface area contributed by atoms with Gasteiger partial charge in [-0.05, 0) is 18.2 Å². The number of carbonyl (C=O) groups is 1. The van der Waals surface area contributed by atoms with Crippen LogP contribution in [0, 0.1) is 0 Å². The number of hydrogen-bond donors (Lipinski definition) is 0. The maximum atomic E-state index is 11.8. The summed E-state index contributed by atoms with van der Waals surface area (Å²) in [7, 11) is 1.33. The summed E-state index contributed by atoms with van der Waals surface area (Å²) in [4.78, 5) is 16.3. The van der Waals surface area contributed by atoms with Crippen LogP contribution in [0.5, 0.6) is 0 Å². The van der Waals surface area contributed by atoms with Crippen molar-refractivity contribution in [3.63, 3.8) is 0 Å². The standard InChI is InChI=1S/C15H16BrNO3/c1-15(2,3)12-11(14(18)19-4)20-13(17-12)9-6-5-7-10(16)8-9/h5-8H,1-4H3. The summed E-state index contributed by atoms with van der Waals surface area (Å²) in [6.07, 6.45) is 0.